The van der Waals surface area contributed by atoms with E-state index >= 15 is 0 Å². The Morgan fingerprint density at radius 3 is 2.34 bits per heavy atom. The molecule has 0 radical (unpaired) electrons. The van der Waals surface area contributed by atoms with E-state index in [1.807, 2.05) is 6.92 Å². The van der Waals surface area contributed by atoms with Gasteiger partial charge in [0.2, 0.25) is 0 Å². The second-order valence-corrected chi connectivity index (χ2v) is 7.18. The molecule has 4 rings (SSSR count). The van der Waals surface area contributed by atoms with Gasteiger partial charge in [-0.15, -0.1) is 10.2 Å². The van der Waals surface area contributed by atoms with Crippen molar-refractivity contribution in [2.75, 3.05) is 12.4 Å². The largest absolute Gasteiger partial charge is 0.506 e. The Bertz CT molecular complexity index is 1350. The number of phenolic OH excluding ortho intramolecular Hbond substituents is 2. The number of amides is 1. The number of carbonyl (C=O) groups excluding carboxylic acids is 1. The maximum atomic E-state index is 13.0. The molecule has 7 heteroatoms. The van der Waals surface area contributed by atoms with Crippen LogP contribution < -0.4 is 10.1 Å². The van der Waals surface area contributed by atoms with E-state index in [1.54, 1.807) is 66.7 Å². The third kappa shape index (κ3) is 4.09. The highest BCUT2D eigenvalue weighted by atomic mass is 16.5. The number of hydrogen-bond donors (Lipinski definition) is 3. The van der Waals surface area contributed by atoms with Crippen molar-refractivity contribution < 1.29 is 19.7 Å². The molecule has 0 fully saturated rings. The average Bonchev–Trinajstić information content (AvgIpc) is 2.81. The first-order valence-corrected chi connectivity index (χ1v) is 9.88. The molecule has 32 heavy (non-hydrogen) atoms. The first-order valence-electron chi connectivity index (χ1n) is 9.88. The normalized spacial score (nSPS) is 11.1. The molecule has 0 aromatic heterocycles. The summed E-state index contributed by atoms with van der Waals surface area (Å²) in [4.78, 5) is 13.0. The van der Waals surface area contributed by atoms with Crippen LogP contribution in [0.15, 0.2) is 83.0 Å². The SMILES string of the molecule is COc1ccccc1NC(=O)c1cc(/N=N/c2cc(C)ccc2O)c2ccccc2c1O. The predicted molar refractivity (Wildman–Crippen MR) is 124 cm³/mol. The number of nitrogens with one attached hydrogen (secondary N) is 1. The number of nitrogens with zero attached hydrogens (tertiary/aromatic N) is 2. The molecule has 0 unspecified atom stereocenters. The summed E-state index contributed by atoms with van der Waals surface area (Å²) in [6.07, 6.45) is 0. The van der Waals surface area contributed by atoms with Gasteiger partial charge in [0.1, 0.15) is 22.9 Å². The van der Waals surface area contributed by atoms with Crippen LogP contribution in [0.4, 0.5) is 17.1 Å². The molecule has 7 nitrogen and oxygen atoms in total. The van der Waals surface area contributed by atoms with Crippen LogP contribution in [0.1, 0.15) is 15.9 Å². The first kappa shape index (κ1) is 20.9. The van der Waals surface area contributed by atoms with E-state index in [1.165, 1.54) is 13.2 Å². The number of aromatic hydroxyl groups is 2. The monoisotopic (exact) mass is 427 g/mol. The molecule has 4 aromatic rings. The Morgan fingerprint density at radius 2 is 1.56 bits per heavy atom. The Hall–Kier alpha value is -4.39. The van der Waals surface area contributed by atoms with Crippen molar-refractivity contribution in [2.45, 2.75) is 6.92 Å². The minimum absolute atomic E-state index is 0.00317. The van der Waals surface area contributed by atoms with Gasteiger partial charge in [0.05, 0.1) is 24.0 Å². The summed E-state index contributed by atoms with van der Waals surface area (Å²) < 4.78 is 5.28. The summed E-state index contributed by atoms with van der Waals surface area (Å²) in [6.45, 7) is 1.88. The van der Waals surface area contributed by atoms with Crippen LogP contribution in [0, 0.1) is 6.92 Å². The summed E-state index contributed by atoms with van der Waals surface area (Å²) in [5, 5.41) is 33.2. The van der Waals surface area contributed by atoms with Gasteiger partial charge in [-0.3, -0.25) is 4.79 Å². The van der Waals surface area contributed by atoms with Crippen LogP contribution in [0.2, 0.25) is 0 Å². The molecule has 160 valence electrons. The van der Waals surface area contributed by atoms with Crippen LogP contribution in [0.3, 0.4) is 0 Å². The summed E-state index contributed by atoms with van der Waals surface area (Å²) in [5.74, 6) is -0.189. The van der Waals surface area contributed by atoms with E-state index in [9.17, 15) is 15.0 Å². The van der Waals surface area contributed by atoms with Crippen molar-refractivity contribution in [1.82, 2.24) is 0 Å². The number of anilines is 1. The van der Waals surface area contributed by atoms with Crippen molar-refractivity contribution in [1.29, 1.82) is 0 Å². The Labute approximate surface area is 184 Å². The quantitative estimate of drug-likeness (QED) is 0.328. The number of azo groups is 1. The van der Waals surface area contributed by atoms with E-state index in [-0.39, 0.29) is 17.1 Å². The van der Waals surface area contributed by atoms with Gasteiger partial charge >= 0.3 is 0 Å². The third-order valence-electron chi connectivity index (χ3n) is 4.99. The molecule has 0 spiro atoms. The molecule has 4 aromatic carbocycles. The van der Waals surface area contributed by atoms with Crippen molar-refractivity contribution in [3.8, 4) is 17.2 Å². The van der Waals surface area contributed by atoms with E-state index in [0.717, 1.165) is 5.56 Å². The van der Waals surface area contributed by atoms with Crippen molar-refractivity contribution in [3.05, 3.63) is 83.9 Å². The number of methoxy groups -OCH3 is 1. The number of aryl methyl sites for hydroxylation is 1. The third-order valence-corrected chi connectivity index (χ3v) is 4.99. The van der Waals surface area contributed by atoms with Crippen LogP contribution in [-0.4, -0.2) is 23.2 Å². The first-order chi connectivity index (χ1) is 15.5. The lowest BCUT2D eigenvalue weighted by Crippen LogP contribution is -2.13. The minimum atomic E-state index is -0.521. The highest BCUT2D eigenvalue weighted by Gasteiger charge is 2.18. The molecule has 0 bridgehead atoms. The minimum Gasteiger partial charge on any atom is -0.506 e. The molecule has 0 aliphatic carbocycles. The zero-order chi connectivity index (χ0) is 22.7. The van der Waals surface area contributed by atoms with E-state index < -0.39 is 5.91 Å². The molecule has 3 N–H and O–H groups in total. The maximum Gasteiger partial charge on any atom is 0.259 e. The number of carbonyl (C=O) groups is 1. The van der Waals surface area contributed by atoms with Crippen LogP contribution >= 0.6 is 0 Å². The number of hydrogen-bond acceptors (Lipinski definition) is 6. The maximum absolute atomic E-state index is 13.0. The number of fused-ring (bicyclic) bond motifs is 1. The lowest BCUT2D eigenvalue weighted by molar-refractivity contribution is 0.102. The van der Waals surface area contributed by atoms with Gasteiger partial charge in [-0.2, -0.15) is 0 Å². The molecule has 0 aliphatic heterocycles. The molecular formula is C25H21N3O4. The Balaban J connectivity index is 1.79. The molecule has 0 heterocycles. The molecular weight excluding hydrogens is 406 g/mol. The van der Waals surface area contributed by atoms with Crippen LogP contribution in [-0.2, 0) is 0 Å². The summed E-state index contributed by atoms with van der Waals surface area (Å²) in [6, 6.07) is 20.5. The lowest BCUT2D eigenvalue weighted by atomic mass is 10.0. The number of ether oxygens (including phenoxy) is 1. The summed E-state index contributed by atoms with van der Waals surface area (Å²) in [7, 11) is 1.51. The zero-order valence-corrected chi connectivity index (χ0v) is 17.5. The van der Waals surface area contributed by atoms with Crippen LogP contribution in [0.25, 0.3) is 10.8 Å². The molecule has 0 saturated carbocycles. The van der Waals surface area contributed by atoms with Gasteiger partial charge < -0.3 is 20.3 Å². The number of para-hydroxylation sites is 2. The molecule has 0 aliphatic rings. The predicted octanol–water partition coefficient (Wildman–Crippen LogP) is 6.24. The Kier molecular flexibility index (Phi) is 5.72. The van der Waals surface area contributed by atoms with E-state index in [4.69, 9.17) is 4.74 Å². The standard InChI is InChI=1S/C25H21N3O4/c1-15-11-12-22(29)21(13-15)28-27-20-14-18(24(30)17-8-4-3-7-16(17)20)25(31)26-19-9-5-6-10-23(19)32-2/h3-14,29-30H,1-2H3,(H,26,31)/b28-27+. The van der Waals surface area contributed by atoms with E-state index in [0.29, 0.717) is 33.6 Å². The van der Waals surface area contributed by atoms with Crippen molar-refractivity contribution >= 4 is 33.7 Å². The number of phenols is 2. The topological polar surface area (TPSA) is 104 Å². The van der Waals surface area contributed by atoms with Crippen molar-refractivity contribution in [2.24, 2.45) is 10.2 Å². The molecule has 1 amide bonds. The fourth-order valence-electron chi connectivity index (χ4n) is 3.36. The summed E-state index contributed by atoms with van der Waals surface area (Å²) >= 11 is 0. The highest BCUT2D eigenvalue weighted by Crippen LogP contribution is 2.38. The van der Waals surface area contributed by atoms with Gasteiger partial charge in [-0.25, -0.2) is 0 Å². The number of rotatable bonds is 5. The van der Waals surface area contributed by atoms with Gasteiger partial charge in [0.15, 0.2) is 0 Å². The van der Waals surface area contributed by atoms with Crippen LogP contribution in [0.5, 0.6) is 17.2 Å². The van der Waals surface area contributed by atoms with Gasteiger partial charge in [0.25, 0.3) is 5.91 Å². The van der Waals surface area contributed by atoms with E-state index in [2.05, 4.69) is 15.5 Å². The molecule has 0 atom stereocenters. The average molecular weight is 427 g/mol. The second-order valence-electron chi connectivity index (χ2n) is 7.18. The van der Waals surface area contributed by atoms with Gasteiger partial charge in [-0.1, -0.05) is 42.5 Å². The van der Waals surface area contributed by atoms with Crippen molar-refractivity contribution in [3.63, 3.8) is 0 Å². The second kappa shape index (κ2) is 8.77. The van der Waals surface area contributed by atoms with Gasteiger partial charge in [0, 0.05) is 10.8 Å². The lowest BCUT2D eigenvalue weighted by Gasteiger charge is -2.13. The summed E-state index contributed by atoms with van der Waals surface area (Å²) in [5.41, 5.74) is 2.12. The fourth-order valence-corrected chi connectivity index (χ4v) is 3.36. The molecule has 0 saturated heterocycles. The highest BCUT2D eigenvalue weighted by molar-refractivity contribution is 6.12. The zero-order valence-electron chi connectivity index (χ0n) is 17.5. The fraction of sp³-hybridized carbons (Fsp3) is 0.0800. The Morgan fingerprint density at radius 1 is 0.875 bits per heavy atom. The van der Waals surface area contributed by atoms with Gasteiger partial charge in [-0.05, 0) is 42.8 Å². The number of benzene rings is 4. The smallest absolute Gasteiger partial charge is 0.259 e.